The molecule has 0 radical (unpaired) electrons. The van der Waals surface area contributed by atoms with Crippen molar-refractivity contribution in [3.8, 4) is 0 Å². The molecule has 0 fully saturated rings. The van der Waals surface area contributed by atoms with Crippen molar-refractivity contribution in [2.75, 3.05) is 7.05 Å². The third kappa shape index (κ3) is 3.58. The van der Waals surface area contributed by atoms with E-state index < -0.39 is 5.83 Å². The summed E-state index contributed by atoms with van der Waals surface area (Å²) in [4.78, 5) is 9.67. The smallest absolute Gasteiger partial charge is 0.226 e. The number of hydrogen-bond acceptors (Lipinski definition) is 1. The molecule has 0 atom stereocenters. The average Bonchev–Trinajstić information content (AvgIpc) is 1.87. The van der Waals surface area contributed by atoms with Gasteiger partial charge in [0.1, 0.15) is 13.3 Å². The van der Waals surface area contributed by atoms with E-state index in [9.17, 15) is 9.18 Å². The summed E-state index contributed by atoms with van der Waals surface area (Å²) in [6.07, 6.45) is 2.91. The van der Waals surface area contributed by atoms with Gasteiger partial charge in [0.2, 0.25) is 12.0 Å². The number of carbonyl (C=O) groups is 1. The lowest BCUT2D eigenvalue weighted by Crippen LogP contribution is -1.95. The fourth-order valence-electron chi connectivity index (χ4n) is 0.300. The molecular weight excluding hydrogens is 121 g/mol. The van der Waals surface area contributed by atoms with E-state index in [0.717, 1.165) is 6.20 Å². The van der Waals surface area contributed by atoms with Crippen molar-refractivity contribution in [3.63, 3.8) is 0 Å². The molecule has 0 aliphatic rings. The molecule has 50 valence electrons. The van der Waals surface area contributed by atoms with Gasteiger partial charge in [-0.15, -0.1) is 0 Å². The molecule has 2 nitrogen and oxygen atoms in total. The summed E-state index contributed by atoms with van der Waals surface area (Å²) in [6.45, 7) is 1.74. The zero-order chi connectivity index (χ0) is 7.28. The van der Waals surface area contributed by atoms with E-state index in [0.29, 0.717) is 0 Å². The average molecular weight is 130 g/mol. The van der Waals surface area contributed by atoms with Crippen molar-refractivity contribution < 1.29 is 13.8 Å². The van der Waals surface area contributed by atoms with Crippen molar-refractivity contribution in [2.45, 2.75) is 6.92 Å². The van der Waals surface area contributed by atoms with Gasteiger partial charge in [-0.2, -0.15) is 4.39 Å². The largest absolute Gasteiger partial charge is 0.295 e. The molecule has 0 aromatic rings. The van der Waals surface area contributed by atoms with Gasteiger partial charge in [-0.05, 0) is 0 Å². The van der Waals surface area contributed by atoms with E-state index in [4.69, 9.17) is 0 Å². The van der Waals surface area contributed by atoms with Gasteiger partial charge in [0.05, 0.1) is 0 Å². The highest BCUT2D eigenvalue weighted by Gasteiger charge is 1.93. The Bertz CT molecular complexity index is 160. The number of halogens is 1. The first-order chi connectivity index (χ1) is 4.20. The number of aldehydes is 1. The SMILES string of the molecule is CC=[N+](C)C=C(F)C=O. The Hall–Kier alpha value is -0.990. The van der Waals surface area contributed by atoms with E-state index in [1.807, 2.05) is 0 Å². The van der Waals surface area contributed by atoms with Crippen LogP contribution >= 0.6 is 0 Å². The predicted molar refractivity (Wildman–Crippen MR) is 33.2 cm³/mol. The number of nitrogens with zero attached hydrogens (tertiary/aromatic N) is 1. The molecule has 0 aliphatic heterocycles. The van der Waals surface area contributed by atoms with Crippen LogP contribution in [0.1, 0.15) is 6.92 Å². The molecule has 0 rings (SSSR count). The standard InChI is InChI=1S/C6H9FNO/c1-3-8(2)4-6(7)5-9/h3-5H,1-2H3/q+1. The zero-order valence-electron chi connectivity index (χ0n) is 5.47. The first-order valence-electron chi connectivity index (χ1n) is 2.54. The molecule has 0 saturated carbocycles. The van der Waals surface area contributed by atoms with E-state index >= 15 is 0 Å². The van der Waals surface area contributed by atoms with Crippen molar-refractivity contribution in [1.29, 1.82) is 0 Å². The van der Waals surface area contributed by atoms with Crippen LogP contribution in [0.25, 0.3) is 0 Å². The fraction of sp³-hybridized carbons (Fsp3) is 0.333. The highest BCUT2D eigenvalue weighted by Crippen LogP contribution is 1.87. The van der Waals surface area contributed by atoms with Crippen LogP contribution in [0, 0.1) is 0 Å². The van der Waals surface area contributed by atoms with Gasteiger partial charge in [0.25, 0.3) is 0 Å². The molecule has 0 spiro atoms. The van der Waals surface area contributed by atoms with Gasteiger partial charge in [-0.25, -0.2) is 4.58 Å². The summed E-state index contributed by atoms with van der Waals surface area (Å²) in [5, 5.41) is 0. The lowest BCUT2D eigenvalue weighted by molar-refractivity contribution is -0.418. The summed E-state index contributed by atoms with van der Waals surface area (Å²) in [7, 11) is 1.64. The van der Waals surface area contributed by atoms with Crippen LogP contribution in [0.15, 0.2) is 12.0 Å². The molecule has 3 heteroatoms. The van der Waals surface area contributed by atoms with Gasteiger partial charge < -0.3 is 0 Å². The van der Waals surface area contributed by atoms with Crippen molar-refractivity contribution in [1.82, 2.24) is 0 Å². The third-order valence-electron chi connectivity index (χ3n) is 0.847. The van der Waals surface area contributed by atoms with Crippen LogP contribution < -0.4 is 0 Å². The quantitative estimate of drug-likeness (QED) is 0.233. The first kappa shape index (κ1) is 8.01. The summed E-state index contributed by atoms with van der Waals surface area (Å²) in [6, 6.07) is 0. The lowest BCUT2D eigenvalue weighted by Gasteiger charge is -1.80. The van der Waals surface area contributed by atoms with Crippen LogP contribution in [0.5, 0.6) is 0 Å². The molecule has 0 aromatic carbocycles. The van der Waals surface area contributed by atoms with Gasteiger partial charge in [-0.3, -0.25) is 4.79 Å². The fourth-order valence-corrected chi connectivity index (χ4v) is 0.300. The van der Waals surface area contributed by atoms with Gasteiger partial charge >= 0.3 is 0 Å². The summed E-state index contributed by atoms with van der Waals surface area (Å²) < 4.78 is 13.5. The maximum absolute atomic E-state index is 12.0. The number of carbonyl (C=O) groups excluding carboxylic acids is 1. The molecule has 0 unspecified atom stereocenters. The minimum absolute atomic E-state index is 0.167. The predicted octanol–water partition coefficient (Wildman–Crippen LogP) is 0.729. The second-order valence-corrected chi connectivity index (χ2v) is 1.56. The number of hydrogen-bond donors (Lipinski definition) is 0. The second kappa shape index (κ2) is 3.95. The Labute approximate surface area is 53.3 Å². The first-order valence-corrected chi connectivity index (χ1v) is 2.54. The van der Waals surface area contributed by atoms with Crippen LogP contribution in [0.4, 0.5) is 4.39 Å². The maximum atomic E-state index is 12.0. The van der Waals surface area contributed by atoms with Crippen LogP contribution in [0.3, 0.4) is 0 Å². The molecule has 9 heavy (non-hydrogen) atoms. The second-order valence-electron chi connectivity index (χ2n) is 1.56. The topological polar surface area (TPSA) is 20.1 Å². The minimum atomic E-state index is -0.768. The van der Waals surface area contributed by atoms with Crippen LogP contribution in [-0.4, -0.2) is 24.1 Å². The summed E-state index contributed by atoms with van der Waals surface area (Å²) in [5.74, 6) is -0.768. The Morgan fingerprint density at radius 2 is 2.22 bits per heavy atom. The summed E-state index contributed by atoms with van der Waals surface area (Å²) in [5.41, 5.74) is 0. The molecule has 0 amide bonds. The van der Waals surface area contributed by atoms with E-state index in [1.54, 1.807) is 20.2 Å². The van der Waals surface area contributed by atoms with Crippen molar-refractivity contribution in [3.05, 3.63) is 12.0 Å². The molecular formula is C6H9FNO+. The monoisotopic (exact) mass is 130 g/mol. The van der Waals surface area contributed by atoms with E-state index in [1.165, 1.54) is 4.58 Å². The Kier molecular flexibility index (Phi) is 3.51. The highest BCUT2D eigenvalue weighted by molar-refractivity contribution is 5.69. The molecule has 0 N–H and O–H groups in total. The normalized spacial score (nSPS) is 13.7. The third-order valence-corrected chi connectivity index (χ3v) is 0.847. The Morgan fingerprint density at radius 3 is 2.56 bits per heavy atom. The molecule has 0 aromatic heterocycles. The van der Waals surface area contributed by atoms with Crippen molar-refractivity contribution >= 4 is 12.5 Å². The van der Waals surface area contributed by atoms with Crippen LogP contribution in [0.2, 0.25) is 0 Å². The zero-order valence-corrected chi connectivity index (χ0v) is 5.47. The molecule has 0 aliphatic carbocycles. The molecule has 0 bridgehead atoms. The number of rotatable bonds is 2. The Balaban J connectivity index is 4.11. The molecule has 0 heterocycles. The minimum Gasteiger partial charge on any atom is -0.295 e. The maximum Gasteiger partial charge on any atom is 0.226 e. The highest BCUT2D eigenvalue weighted by atomic mass is 19.1. The summed E-state index contributed by atoms with van der Waals surface area (Å²) >= 11 is 0. The Morgan fingerprint density at radius 1 is 1.67 bits per heavy atom. The van der Waals surface area contributed by atoms with Crippen LogP contribution in [-0.2, 0) is 4.79 Å². The van der Waals surface area contributed by atoms with E-state index in [-0.39, 0.29) is 6.29 Å². The van der Waals surface area contributed by atoms with Gasteiger partial charge in [0, 0.05) is 6.92 Å². The van der Waals surface area contributed by atoms with Gasteiger partial charge in [-0.1, -0.05) is 0 Å². The molecule has 0 saturated heterocycles. The number of allylic oxidation sites excluding steroid dienone is 1. The van der Waals surface area contributed by atoms with Gasteiger partial charge in [0.15, 0.2) is 6.29 Å². The lowest BCUT2D eigenvalue weighted by atomic mass is 10.6. The van der Waals surface area contributed by atoms with E-state index in [2.05, 4.69) is 0 Å². The van der Waals surface area contributed by atoms with Crippen molar-refractivity contribution in [2.24, 2.45) is 0 Å².